The van der Waals surface area contributed by atoms with Gasteiger partial charge >= 0.3 is 6.09 Å². The third kappa shape index (κ3) is 5.16. The molecule has 6 nitrogen and oxygen atoms in total. The van der Waals surface area contributed by atoms with E-state index in [4.69, 9.17) is 9.15 Å². The number of nitrogens with one attached hydrogen (secondary N) is 2. The SMILES string of the molecule is CC(C)c1nc2cc(NCCNC(=O)OC(C)(C)C)ccc2o1. The molecule has 2 aromatic rings. The molecule has 0 unspecified atom stereocenters. The van der Waals surface area contributed by atoms with E-state index in [2.05, 4.69) is 15.6 Å². The number of hydrogen-bond acceptors (Lipinski definition) is 5. The molecule has 0 bridgehead atoms. The number of anilines is 1. The molecule has 6 heteroatoms. The summed E-state index contributed by atoms with van der Waals surface area (Å²) >= 11 is 0. The Morgan fingerprint density at radius 1 is 1.30 bits per heavy atom. The van der Waals surface area contributed by atoms with E-state index >= 15 is 0 Å². The highest BCUT2D eigenvalue weighted by atomic mass is 16.6. The number of ether oxygens (including phenoxy) is 1. The van der Waals surface area contributed by atoms with Crippen LogP contribution in [0.5, 0.6) is 0 Å². The zero-order chi connectivity index (χ0) is 17.0. The number of rotatable bonds is 5. The number of benzene rings is 1. The Morgan fingerprint density at radius 2 is 2.04 bits per heavy atom. The maximum Gasteiger partial charge on any atom is 0.407 e. The van der Waals surface area contributed by atoms with Gasteiger partial charge in [-0.25, -0.2) is 9.78 Å². The molecule has 23 heavy (non-hydrogen) atoms. The van der Waals surface area contributed by atoms with Crippen molar-refractivity contribution in [1.29, 1.82) is 0 Å². The van der Waals surface area contributed by atoms with Gasteiger partial charge in [-0.15, -0.1) is 0 Å². The highest BCUT2D eigenvalue weighted by molar-refractivity contribution is 5.77. The molecule has 0 aliphatic rings. The van der Waals surface area contributed by atoms with Crippen molar-refractivity contribution in [2.24, 2.45) is 0 Å². The summed E-state index contributed by atoms with van der Waals surface area (Å²) in [5, 5.41) is 5.95. The zero-order valence-electron chi connectivity index (χ0n) is 14.4. The van der Waals surface area contributed by atoms with Crippen molar-refractivity contribution >= 4 is 22.9 Å². The number of aromatic nitrogens is 1. The molecule has 0 aliphatic carbocycles. The topological polar surface area (TPSA) is 76.4 Å². The molecule has 0 atom stereocenters. The van der Waals surface area contributed by atoms with E-state index < -0.39 is 11.7 Å². The fraction of sp³-hybridized carbons (Fsp3) is 0.529. The van der Waals surface area contributed by atoms with Crippen LogP contribution >= 0.6 is 0 Å². The molecule has 2 rings (SSSR count). The third-order valence-electron chi connectivity index (χ3n) is 3.02. The molecule has 0 fully saturated rings. The van der Waals surface area contributed by atoms with E-state index in [0.29, 0.717) is 13.1 Å². The van der Waals surface area contributed by atoms with Gasteiger partial charge in [0.2, 0.25) is 0 Å². The van der Waals surface area contributed by atoms with Crippen LogP contribution in [0.3, 0.4) is 0 Å². The molecular formula is C17H25N3O3. The van der Waals surface area contributed by atoms with Crippen LogP contribution in [0.25, 0.3) is 11.1 Å². The van der Waals surface area contributed by atoms with Gasteiger partial charge in [0, 0.05) is 24.7 Å². The summed E-state index contributed by atoms with van der Waals surface area (Å²) in [5.74, 6) is 1.00. The number of hydrogen-bond donors (Lipinski definition) is 2. The highest BCUT2D eigenvalue weighted by Gasteiger charge is 2.15. The van der Waals surface area contributed by atoms with Gasteiger partial charge in [0.1, 0.15) is 11.1 Å². The van der Waals surface area contributed by atoms with Crippen LogP contribution in [-0.2, 0) is 4.74 Å². The maximum absolute atomic E-state index is 11.5. The average Bonchev–Trinajstić information content (AvgIpc) is 2.85. The minimum Gasteiger partial charge on any atom is -0.444 e. The molecule has 2 N–H and O–H groups in total. The Bertz CT molecular complexity index is 671. The summed E-state index contributed by atoms with van der Waals surface area (Å²) in [5.41, 5.74) is 2.07. The molecule has 1 amide bonds. The van der Waals surface area contributed by atoms with Gasteiger partial charge in [-0.3, -0.25) is 0 Å². The molecule has 0 radical (unpaired) electrons. The molecule has 0 saturated carbocycles. The van der Waals surface area contributed by atoms with Crippen LogP contribution in [0.4, 0.5) is 10.5 Å². The predicted molar refractivity (Wildman–Crippen MR) is 90.8 cm³/mol. The molecule has 1 aromatic heterocycles. The first kappa shape index (κ1) is 17.1. The van der Waals surface area contributed by atoms with Crippen molar-refractivity contribution in [2.75, 3.05) is 18.4 Å². The molecule has 0 saturated heterocycles. The second-order valence-electron chi connectivity index (χ2n) is 6.74. The number of oxazole rings is 1. The number of carbonyl (C=O) groups excluding carboxylic acids is 1. The summed E-state index contributed by atoms with van der Waals surface area (Å²) in [6, 6.07) is 5.78. The summed E-state index contributed by atoms with van der Waals surface area (Å²) in [6.45, 7) is 10.7. The standard InChI is InChI=1S/C17H25N3O3/c1-11(2)15-20-13-10-12(6-7-14(13)22-15)18-8-9-19-16(21)23-17(3,4)5/h6-7,10-11,18H,8-9H2,1-5H3,(H,19,21). The quantitative estimate of drug-likeness (QED) is 0.818. The summed E-state index contributed by atoms with van der Waals surface area (Å²) in [6.07, 6.45) is -0.409. The van der Waals surface area contributed by atoms with E-state index in [0.717, 1.165) is 22.7 Å². The number of amides is 1. The largest absolute Gasteiger partial charge is 0.444 e. The number of alkyl carbamates (subject to hydrolysis) is 1. The average molecular weight is 319 g/mol. The maximum atomic E-state index is 11.5. The molecule has 1 heterocycles. The fourth-order valence-corrected chi connectivity index (χ4v) is 1.99. The first-order chi connectivity index (χ1) is 10.7. The van der Waals surface area contributed by atoms with Crippen LogP contribution in [0, 0.1) is 0 Å². The molecule has 0 spiro atoms. The van der Waals surface area contributed by atoms with Crippen LogP contribution in [0.15, 0.2) is 22.6 Å². The van der Waals surface area contributed by atoms with Crippen molar-refractivity contribution in [2.45, 2.75) is 46.1 Å². The lowest BCUT2D eigenvalue weighted by atomic mass is 10.2. The van der Waals surface area contributed by atoms with Crippen molar-refractivity contribution in [3.05, 3.63) is 24.1 Å². The second kappa shape index (κ2) is 6.89. The van der Waals surface area contributed by atoms with E-state index in [9.17, 15) is 4.79 Å². The predicted octanol–water partition coefficient (Wildman–Crippen LogP) is 3.89. The Labute approximate surface area is 136 Å². The Kier molecular flexibility index (Phi) is 5.13. The second-order valence-corrected chi connectivity index (χ2v) is 6.74. The zero-order valence-corrected chi connectivity index (χ0v) is 14.4. The van der Waals surface area contributed by atoms with Crippen molar-refractivity contribution in [3.8, 4) is 0 Å². The van der Waals surface area contributed by atoms with Gasteiger partial charge in [0.15, 0.2) is 11.5 Å². The Hall–Kier alpha value is -2.24. The summed E-state index contributed by atoms with van der Waals surface area (Å²) in [7, 11) is 0. The summed E-state index contributed by atoms with van der Waals surface area (Å²) < 4.78 is 10.8. The Balaban J connectivity index is 1.84. The van der Waals surface area contributed by atoms with E-state index in [-0.39, 0.29) is 5.92 Å². The van der Waals surface area contributed by atoms with Crippen LogP contribution in [-0.4, -0.2) is 29.8 Å². The van der Waals surface area contributed by atoms with Gasteiger partial charge < -0.3 is 19.8 Å². The van der Waals surface area contributed by atoms with E-state index in [1.807, 2.05) is 52.8 Å². The number of nitrogens with zero attached hydrogens (tertiary/aromatic N) is 1. The van der Waals surface area contributed by atoms with Gasteiger partial charge in [-0.1, -0.05) is 13.8 Å². The van der Waals surface area contributed by atoms with Crippen molar-refractivity contribution in [1.82, 2.24) is 10.3 Å². The van der Waals surface area contributed by atoms with Gasteiger partial charge in [0.25, 0.3) is 0 Å². The first-order valence-electron chi connectivity index (χ1n) is 7.86. The Morgan fingerprint density at radius 3 is 2.70 bits per heavy atom. The molecule has 126 valence electrons. The lowest BCUT2D eigenvalue weighted by Crippen LogP contribution is -2.34. The third-order valence-corrected chi connectivity index (χ3v) is 3.02. The monoisotopic (exact) mass is 319 g/mol. The van der Waals surface area contributed by atoms with Gasteiger partial charge in [-0.2, -0.15) is 0 Å². The first-order valence-corrected chi connectivity index (χ1v) is 7.86. The van der Waals surface area contributed by atoms with Crippen LogP contribution in [0.2, 0.25) is 0 Å². The minimum absolute atomic E-state index is 0.261. The number of carbonyl (C=O) groups is 1. The fourth-order valence-electron chi connectivity index (χ4n) is 1.99. The number of fused-ring (bicyclic) bond motifs is 1. The van der Waals surface area contributed by atoms with Crippen molar-refractivity contribution in [3.63, 3.8) is 0 Å². The van der Waals surface area contributed by atoms with Gasteiger partial charge in [-0.05, 0) is 39.0 Å². The van der Waals surface area contributed by atoms with Gasteiger partial charge in [0.05, 0.1) is 0 Å². The van der Waals surface area contributed by atoms with Crippen LogP contribution in [0.1, 0.15) is 46.4 Å². The normalized spacial score (nSPS) is 11.7. The smallest absolute Gasteiger partial charge is 0.407 e. The van der Waals surface area contributed by atoms with Crippen molar-refractivity contribution < 1.29 is 13.9 Å². The minimum atomic E-state index is -0.483. The van der Waals surface area contributed by atoms with Crippen LogP contribution < -0.4 is 10.6 Å². The lowest BCUT2D eigenvalue weighted by Gasteiger charge is -2.19. The molecular weight excluding hydrogens is 294 g/mol. The van der Waals surface area contributed by atoms with E-state index in [1.165, 1.54) is 0 Å². The molecule has 1 aromatic carbocycles. The lowest BCUT2D eigenvalue weighted by molar-refractivity contribution is 0.0530. The highest BCUT2D eigenvalue weighted by Crippen LogP contribution is 2.23. The molecule has 0 aliphatic heterocycles. The summed E-state index contributed by atoms with van der Waals surface area (Å²) in [4.78, 5) is 16.0. The van der Waals surface area contributed by atoms with E-state index in [1.54, 1.807) is 0 Å².